The first-order chi connectivity index (χ1) is 9.61. The smallest absolute Gasteiger partial charge is 0.274 e. The van der Waals surface area contributed by atoms with Crippen LogP contribution in [0.1, 0.15) is 17.4 Å². The number of rotatable bonds is 4. The summed E-state index contributed by atoms with van der Waals surface area (Å²) in [7, 11) is 0. The minimum absolute atomic E-state index is 0.0186. The molecule has 1 aromatic rings. The molecule has 1 saturated heterocycles. The van der Waals surface area contributed by atoms with E-state index in [1.54, 1.807) is 4.90 Å². The van der Waals surface area contributed by atoms with Crippen molar-refractivity contribution >= 4 is 17.5 Å². The summed E-state index contributed by atoms with van der Waals surface area (Å²) in [6.45, 7) is 5.42. The van der Waals surface area contributed by atoms with Gasteiger partial charge in [0.05, 0.1) is 18.4 Å². The van der Waals surface area contributed by atoms with Gasteiger partial charge in [0.1, 0.15) is 5.69 Å². The third-order valence-corrected chi connectivity index (χ3v) is 3.28. The number of nitrogens with one attached hydrogen (secondary N) is 2. The first-order valence-corrected chi connectivity index (χ1v) is 6.69. The summed E-state index contributed by atoms with van der Waals surface area (Å²) >= 11 is 0. The first kappa shape index (κ1) is 14.3. The molecule has 1 aromatic heterocycles. The molecule has 1 aliphatic heterocycles. The Kier molecular flexibility index (Phi) is 4.57. The van der Waals surface area contributed by atoms with Crippen molar-refractivity contribution in [1.82, 2.24) is 25.3 Å². The van der Waals surface area contributed by atoms with Gasteiger partial charge in [-0.05, 0) is 6.92 Å². The molecule has 0 unspecified atom stereocenters. The number of carbonyl (C=O) groups excluding carboxylic acids is 2. The lowest BCUT2D eigenvalue weighted by atomic mass is 10.2. The van der Waals surface area contributed by atoms with E-state index in [1.165, 1.54) is 6.20 Å². The highest BCUT2D eigenvalue weighted by atomic mass is 16.2. The van der Waals surface area contributed by atoms with E-state index in [0.29, 0.717) is 50.6 Å². The number of anilines is 1. The standard InChI is InChI=1S/C12H20N6O2/c1-2-14-10(19)8-17-3-5-18(6-4-17)12(20)11-9(13)7-15-16-11/h7H,2-6,8,13H2,1H3,(H,14,19)(H,15,16). The highest BCUT2D eigenvalue weighted by Gasteiger charge is 2.25. The summed E-state index contributed by atoms with van der Waals surface area (Å²) in [6.07, 6.45) is 1.43. The van der Waals surface area contributed by atoms with E-state index in [-0.39, 0.29) is 11.8 Å². The van der Waals surface area contributed by atoms with Crippen molar-refractivity contribution in [3.8, 4) is 0 Å². The van der Waals surface area contributed by atoms with Crippen molar-refractivity contribution < 1.29 is 9.59 Å². The van der Waals surface area contributed by atoms with Crippen LogP contribution >= 0.6 is 0 Å². The maximum absolute atomic E-state index is 12.2. The zero-order valence-corrected chi connectivity index (χ0v) is 11.6. The van der Waals surface area contributed by atoms with Gasteiger partial charge in [-0.2, -0.15) is 5.10 Å². The molecule has 20 heavy (non-hydrogen) atoms. The quantitative estimate of drug-likeness (QED) is 0.648. The van der Waals surface area contributed by atoms with Gasteiger partial charge in [0.2, 0.25) is 5.91 Å². The predicted molar refractivity (Wildman–Crippen MR) is 74.0 cm³/mol. The Hall–Kier alpha value is -2.09. The molecule has 110 valence electrons. The summed E-state index contributed by atoms with van der Waals surface area (Å²) in [5, 5.41) is 9.14. The van der Waals surface area contributed by atoms with Crippen LogP contribution in [0.15, 0.2) is 6.20 Å². The number of amides is 2. The average molecular weight is 280 g/mol. The van der Waals surface area contributed by atoms with Gasteiger partial charge < -0.3 is 16.0 Å². The molecule has 2 heterocycles. The number of aromatic nitrogens is 2. The molecule has 4 N–H and O–H groups in total. The minimum atomic E-state index is -0.141. The molecule has 0 spiro atoms. The van der Waals surface area contributed by atoms with Gasteiger partial charge >= 0.3 is 0 Å². The fraction of sp³-hybridized carbons (Fsp3) is 0.583. The zero-order valence-electron chi connectivity index (χ0n) is 11.6. The van der Waals surface area contributed by atoms with Gasteiger partial charge in [-0.1, -0.05) is 0 Å². The molecular weight excluding hydrogens is 260 g/mol. The van der Waals surface area contributed by atoms with Crippen molar-refractivity contribution in [2.75, 3.05) is 45.0 Å². The molecule has 2 amide bonds. The number of aromatic amines is 1. The van der Waals surface area contributed by atoms with Crippen LogP contribution in [0.25, 0.3) is 0 Å². The Labute approximate surface area is 117 Å². The summed E-state index contributed by atoms with van der Waals surface area (Å²) < 4.78 is 0. The fourth-order valence-electron chi connectivity index (χ4n) is 2.19. The normalized spacial score (nSPS) is 16.1. The zero-order chi connectivity index (χ0) is 14.5. The first-order valence-electron chi connectivity index (χ1n) is 6.69. The minimum Gasteiger partial charge on any atom is -0.396 e. The van der Waals surface area contributed by atoms with Gasteiger partial charge in [-0.25, -0.2) is 0 Å². The molecule has 1 fully saturated rings. The Bertz CT molecular complexity index is 478. The predicted octanol–water partition coefficient (Wildman–Crippen LogP) is -1.11. The fourth-order valence-corrected chi connectivity index (χ4v) is 2.19. The Morgan fingerprint density at radius 2 is 2.10 bits per heavy atom. The van der Waals surface area contributed by atoms with Crippen LogP contribution in [0.3, 0.4) is 0 Å². The van der Waals surface area contributed by atoms with Gasteiger partial charge in [-0.3, -0.25) is 19.6 Å². The van der Waals surface area contributed by atoms with Crippen LogP contribution in [0.2, 0.25) is 0 Å². The molecule has 0 bridgehead atoms. The third-order valence-electron chi connectivity index (χ3n) is 3.28. The molecule has 0 radical (unpaired) electrons. The van der Waals surface area contributed by atoms with E-state index in [4.69, 9.17) is 5.73 Å². The topological polar surface area (TPSA) is 107 Å². The van der Waals surface area contributed by atoms with Gasteiger partial charge in [0.15, 0.2) is 0 Å². The van der Waals surface area contributed by atoms with Crippen molar-refractivity contribution in [3.05, 3.63) is 11.9 Å². The number of nitrogen functional groups attached to an aromatic ring is 1. The number of nitrogens with zero attached hydrogens (tertiary/aromatic N) is 3. The number of H-pyrrole nitrogens is 1. The number of nitrogens with two attached hydrogens (primary N) is 1. The molecular formula is C12H20N6O2. The molecule has 8 nitrogen and oxygen atoms in total. The SMILES string of the molecule is CCNC(=O)CN1CCN(C(=O)c2[nH]ncc2N)CC1. The summed E-state index contributed by atoms with van der Waals surface area (Å²) in [4.78, 5) is 27.4. The van der Waals surface area contributed by atoms with Crippen LogP contribution in [0.4, 0.5) is 5.69 Å². The van der Waals surface area contributed by atoms with Crippen LogP contribution in [0, 0.1) is 0 Å². The number of likely N-dealkylation sites (N-methyl/N-ethyl adjacent to an activating group) is 1. The molecule has 0 atom stereocenters. The monoisotopic (exact) mass is 280 g/mol. The summed E-state index contributed by atoms with van der Waals surface area (Å²) in [6, 6.07) is 0. The average Bonchev–Trinajstić information content (AvgIpc) is 2.85. The Morgan fingerprint density at radius 1 is 1.40 bits per heavy atom. The molecule has 0 aliphatic carbocycles. The molecule has 1 aliphatic rings. The summed E-state index contributed by atoms with van der Waals surface area (Å²) in [5.74, 6) is -0.122. The number of carbonyl (C=O) groups is 2. The number of hydrogen-bond donors (Lipinski definition) is 3. The lowest BCUT2D eigenvalue weighted by Gasteiger charge is -2.34. The molecule has 0 saturated carbocycles. The van der Waals surface area contributed by atoms with Crippen molar-refractivity contribution in [1.29, 1.82) is 0 Å². The second kappa shape index (κ2) is 6.38. The van der Waals surface area contributed by atoms with Gasteiger partial charge in [0, 0.05) is 32.7 Å². The second-order valence-electron chi connectivity index (χ2n) is 4.72. The van der Waals surface area contributed by atoms with Crippen LogP contribution in [-0.2, 0) is 4.79 Å². The maximum atomic E-state index is 12.2. The maximum Gasteiger partial charge on any atom is 0.274 e. The van der Waals surface area contributed by atoms with Crippen LogP contribution in [-0.4, -0.2) is 71.1 Å². The highest BCUT2D eigenvalue weighted by molar-refractivity contribution is 5.97. The highest BCUT2D eigenvalue weighted by Crippen LogP contribution is 2.11. The molecule has 8 heteroatoms. The van der Waals surface area contributed by atoms with E-state index in [1.807, 2.05) is 11.8 Å². The van der Waals surface area contributed by atoms with Crippen molar-refractivity contribution in [3.63, 3.8) is 0 Å². The van der Waals surface area contributed by atoms with Gasteiger partial charge in [0.25, 0.3) is 5.91 Å². The van der Waals surface area contributed by atoms with E-state index >= 15 is 0 Å². The van der Waals surface area contributed by atoms with Crippen LogP contribution < -0.4 is 11.1 Å². The number of piperazine rings is 1. The van der Waals surface area contributed by atoms with Crippen molar-refractivity contribution in [2.24, 2.45) is 0 Å². The molecule has 2 rings (SSSR count). The lowest BCUT2D eigenvalue weighted by molar-refractivity contribution is -0.122. The van der Waals surface area contributed by atoms with E-state index in [9.17, 15) is 9.59 Å². The lowest BCUT2D eigenvalue weighted by Crippen LogP contribution is -2.51. The van der Waals surface area contributed by atoms with E-state index < -0.39 is 0 Å². The third kappa shape index (κ3) is 3.27. The molecule has 0 aromatic carbocycles. The van der Waals surface area contributed by atoms with Crippen LogP contribution in [0.5, 0.6) is 0 Å². The van der Waals surface area contributed by atoms with E-state index in [2.05, 4.69) is 15.5 Å². The largest absolute Gasteiger partial charge is 0.396 e. The Morgan fingerprint density at radius 3 is 2.65 bits per heavy atom. The number of hydrogen-bond acceptors (Lipinski definition) is 5. The Balaban J connectivity index is 1.84. The second-order valence-corrected chi connectivity index (χ2v) is 4.72. The van der Waals surface area contributed by atoms with E-state index in [0.717, 1.165) is 0 Å². The van der Waals surface area contributed by atoms with Gasteiger partial charge in [-0.15, -0.1) is 0 Å². The summed E-state index contributed by atoms with van der Waals surface area (Å²) in [5.41, 5.74) is 6.37. The van der Waals surface area contributed by atoms with Crippen molar-refractivity contribution in [2.45, 2.75) is 6.92 Å².